The third-order valence-corrected chi connectivity index (χ3v) is 3.22. The number of benzene rings is 1. The number of rotatable bonds is 2. The van der Waals surface area contributed by atoms with E-state index in [1.165, 1.54) is 5.56 Å². The number of hydrogen-bond acceptors (Lipinski definition) is 2. The summed E-state index contributed by atoms with van der Waals surface area (Å²) < 4.78 is 0. The second kappa shape index (κ2) is 2.86. The molecule has 15 heavy (non-hydrogen) atoms. The molecule has 76 valence electrons. The fourth-order valence-electron chi connectivity index (χ4n) is 2.24. The van der Waals surface area contributed by atoms with Gasteiger partial charge < -0.3 is 5.73 Å². The van der Waals surface area contributed by atoms with Crippen molar-refractivity contribution in [3.63, 3.8) is 0 Å². The van der Waals surface area contributed by atoms with Gasteiger partial charge in [-0.15, -0.1) is 0 Å². The van der Waals surface area contributed by atoms with Crippen LogP contribution in [0.25, 0.3) is 0 Å². The lowest BCUT2D eigenvalue weighted by Crippen LogP contribution is -2.11. The van der Waals surface area contributed by atoms with Crippen LogP contribution in [-0.2, 0) is 5.41 Å². The maximum Gasteiger partial charge on any atom is 0.0739 e. The van der Waals surface area contributed by atoms with Crippen LogP contribution in [0.4, 0.5) is 5.69 Å². The molecule has 0 unspecified atom stereocenters. The number of aromatic amines is 1. The second-order valence-corrected chi connectivity index (χ2v) is 4.15. The van der Waals surface area contributed by atoms with Gasteiger partial charge in [0.1, 0.15) is 0 Å². The van der Waals surface area contributed by atoms with Gasteiger partial charge in [-0.1, -0.05) is 30.3 Å². The highest BCUT2D eigenvalue weighted by Gasteiger charge is 2.48. The van der Waals surface area contributed by atoms with Crippen molar-refractivity contribution in [1.29, 1.82) is 0 Å². The molecule has 3 nitrogen and oxygen atoms in total. The van der Waals surface area contributed by atoms with Gasteiger partial charge in [-0.25, -0.2) is 0 Å². The van der Waals surface area contributed by atoms with Crippen molar-refractivity contribution in [3.05, 3.63) is 47.8 Å². The van der Waals surface area contributed by atoms with E-state index < -0.39 is 0 Å². The van der Waals surface area contributed by atoms with Crippen LogP contribution in [0.3, 0.4) is 0 Å². The zero-order chi connectivity index (χ0) is 10.3. The van der Waals surface area contributed by atoms with Gasteiger partial charge in [0.25, 0.3) is 0 Å². The lowest BCUT2D eigenvalue weighted by Gasteiger charge is -2.14. The van der Waals surface area contributed by atoms with E-state index in [4.69, 9.17) is 5.73 Å². The van der Waals surface area contributed by atoms with E-state index in [9.17, 15) is 0 Å². The summed E-state index contributed by atoms with van der Waals surface area (Å²) in [5, 5.41) is 7.04. The molecule has 3 rings (SSSR count). The Morgan fingerprint density at radius 2 is 1.93 bits per heavy atom. The summed E-state index contributed by atoms with van der Waals surface area (Å²) in [5.74, 6) is 0. The summed E-state index contributed by atoms with van der Waals surface area (Å²) >= 11 is 0. The van der Waals surface area contributed by atoms with E-state index in [0.29, 0.717) is 0 Å². The molecule has 1 aromatic carbocycles. The number of nitrogens with zero attached hydrogens (tertiary/aromatic N) is 1. The first-order valence-corrected chi connectivity index (χ1v) is 5.18. The van der Waals surface area contributed by atoms with E-state index >= 15 is 0 Å². The van der Waals surface area contributed by atoms with E-state index in [0.717, 1.165) is 24.2 Å². The summed E-state index contributed by atoms with van der Waals surface area (Å²) in [7, 11) is 0. The Kier molecular flexibility index (Phi) is 1.63. The smallest absolute Gasteiger partial charge is 0.0739 e. The molecule has 0 radical (unpaired) electrons. The summed E-state index contributed by atoms with van der Waals surface area (Å²) in [5.41, 5.74) is 9.21. The van der Waals surface area contributed by atoms with Gasteiger partial charge in [0, 0.05) is 5.41 Å². The van der Waals surface area contributed by atoms with Crippen molar-refractivity contribution < 1.29 is 0 Å². The number of hydrogen-bond donors (Lipinski definition) is 2. The predicted molar refractivity (Wildman–Crippen MR) is 59.5 cm³/mol. The maximum atomic E-state index is 5.91. The number of nitrogen functional groups attached to an aromatic ring is 1. The first-order chi connectivity index (χ1) is 7.33. The van der Waals surface area contributed by atoms with E-state index in [-0.39, 0.29) is 5.41 Å². The van der Waals surface area contributed by atoms with E-state index in [2.05, 4.69) is 34.5 Å². The molecule has 1 fully saturated rings. The Morgan fingerprint density at radius 3 is 2.47 bits per heavy atom. The Hall–Kier alpha value is -1.77. The van der Waals surface area contributed by atoms with Gasteiger partial charge in [0.15, 0.2) is 0 Å². The van der Waals surface area contributed by atoms with Gasteiger partial charge in [0.2, 0.25) is 0 Å². The molecule has 0 amide bonds. The summed E-state index contributed by atoms with van der Waals surface area (Å²) in [4.78, 5) is 0. The summed E-state index contributed by atoms with van der Waals surface area (Å²) in [6, 6.07) is 10.5. The van der Waals surface area contributed by atoms with Crippen LogP contribution in [0.5, 0.6) is 0 Å². The molecule has 0 aliphatic heterocycles. The van der Waals surface area contributed by atoms with Crippen LogP contribution >= 0.6 is 0 Å². The molecule has 2 aromatic rings. The molecule has 1 saturated carbocycles. The molecule has 3 heteroatoms. The van der Waals surface area contributed by atoms with Crippen LogP contribution in [0.15, 0.2) is 36.5 Å². The number of aromatic nitrogens is 2. The van der Waals surface area contributed by atoms with Crippen LogP contribution in [0.2, 0.25) is 0 Å². The number of nitrogens with one attached hydrogen (secondary N) is 1. The third kappa shape index (κ3) is 1.16. The molecule has 1 aliphatic carbocycles. The number of anilines is 1. The SMILES string of the molecule is Nc1cn[nH]c1C1(c2ccccc2)CC1. The molecule has 1 aromatic heterocycles. The Bertz CT molecular complexity index is 469. The van der Waals surface area contributed by atoms with Gasteiger partial charge in [-0.2, -0.15) is 5.10 Å². The average Bonchev–Trinajstić information content (AvgIpc) is 2.98. The molecule has 0 bridgehead atoms. The highest BCUT2D eigenvalue weighted by molar-refractivity contribution is 5.53. The number of H-pyrrole nitrogens is 1. The Balaban J connectivity index is 2.10. The lowest BCUT2D eigenvalue weighted by molar-refractivity contribution is 0.794. The predicted octanol–water partition coefficient (Wildman–Crippen LogP) is 2.07. The normalized spacial score (nSPS) is 17.6. The van der Waals surface area contributed by atoms with Crippen molar-refractivity contribution in [3.8, 4) is 0 Å². The monoisotopic (exact) mass is 199 g/mol. The number of nitrogens with two attached hydrogens (primary N) is 1. The van der Waals surface area contributed by atoms with Crippen molar-refractivity contribution in [2.45, 2.75) is 18.3 Å². The van der Waals surface area contributed by atoms with Gasteiger partial charge >= 0.3 is 0 Å². The zero-order valence-corrected chi connectivity index (χ0v) is 8.40. The average molecular weight is 199 g/mol. The molecular formula is C12H13N3. The molecule has 0 saturated heterocycles. The third-order valence-electron chi connectivity index (χ3n) is 3.22. The lowest BCUT2D eigenvalue weighted by atomic mass is 9.92. The van der Waals surface area contributed by atoms with Gasteiger partial charge in [-0.3, -0.25) is 5.10 Å². The second-order valence-electron chi connectivity index (χ2n) is 4.15. The summed E-state index contributed by atoms with van der Waals surface area (Å²) in [6.45, 7) is 0. The van der Waals surface area contributed by atoms with Gasteiger partial charge in [-0.05, 0) is 18.4 Å². The fraction of sp³-hybridized carbons (Fsp3) is 0.250. The largest absolute Gasteiger partial charge is 0.396 e. The molecule has 1 aliphatic rings. The topological polar surface area (TPSA) is 54.7 Å². The van der Waals surface area contributed by atoms with E-state index in [1.54, 1.807) is 6.20 Å². The highest BCUT2D eigenvalue weighted by atomic mass is 15.1. The first-order valence-electron chi connectivity index (χ1n) is 5.18. The minimum atomic E-state index is 0.113. The first kappa shape index (κ1) is 8.53. The van der Waals surface area contributed by atoms with Crippen LogP contribution in [0.1, 0.15) is 24.1 Å². The van der Waals surface area contributed by atoms with Crippen molar-refractivity contribution >= 4 is 5.69 Å². The zero-order valence-electron chi connectivity index (χ0n) is 8.40. The maximum absolute atomic E-state index is 5.91. The molecule has 0 atom stereocenters. The molecular weight excluding hydrogens is 186 g/mol. The van der Waals surface area contributed by atoms with Crippen molar-refractivity contribution in [2.24, 2.45) is 0 Å². The molecule has 3 N–H and O–H groups in total. The van der Waals surface area contributed by atoms with Crippen LogP contribution in [-0.4, -0.2) is 10.2 Å². The standard InChI is InChI=1S/C12H13N3/c13-10-8-14-15-11(10)12(6-7-12)9-4-2-1-3-5-9/h1-5,8H,6-7,13H2,(H,14,15). The Labute approximate surface area is 88.3 Å². The molecule has 1 heterocycles. The van der Waals surface area contributed by atoms with E-state index in [1.807, 2.05) is 6.07 Å². The summed E-state index contributed by atoms with van der Waals surface area (Å²) in [6.07, 6.45) is 4.01. The quantitative estimate of drug-likeness (QED) is 0.778. The Morgan fingerprint density at radius 1 is 1.20 bits per heavy atom. The van der Waals surface area contributed by atoms with Crippen molar-refractivity contribution in [2.75, 3.05) is 5.73 Å². The van der Waals surface area contributed by atoms with Crippen molar-refractivity contribution in [1.82, 2.24) is 10.2 Å². The fourth-order valence-corrected chi connectivity index (χ4v) is 2.24. The highest BCUT2D eigenvalue weighted by Crippen LogP contribution is 2.54. The van der Waals surface area contributed by atoms with Gasteiger partial charge in [0.05, 0.1) is 17.6 Å². The minimum absolute atomic E-state index is 0.113. The van der Waals surface area contributed by atoms with Crippen LogP contribution < -0.4 is 5.73 Å². The molecule has 0 spiro atoms. The minimum Gasteiger partial charge on any atom is -0.396 e. The van der Waals surface area contributed by atoms with Crippen LogP contribution in [0, 0.1) is 0 Å².